The molecule has 28 heavy (non-hydrogen) atoms. The summed E-state index contributed by atoms with van der Waals surface area (Å²) in [6, 6.07) is 1.04. The zero-order chi connectivity index (χ0) is 20.4. The van der Waals surface area contributed by atoms with E-state index in [1.54, 1.807) is 11.8 Å². The van der Waals surface area contributed by atoms with Crippen molar-refractivity contribution in [1.82, 2.24) is 25.4 Å². The van der Waals surface area contributed by atoms with Gasteiger partial charge < -0.3 is 15.2 Å². The highest BCUT2D eigenvalue weighted by molar-refractivity contribution is 7.98. The van der Waals surface area contributed by atoms with Crippen molar-refractivity contribution in [2.75, 3.05) is 19.8 Å². The second kappa shape index (κ2) is 12.3. The van der Waals surface area contributed by atoms with E-state index in [2.05, 4.69) is 57.4 Å². The molecule has 2 rings (SSSR count). The van der Waals surface area contributed by atoms with Crippen molar-refractivity contribution in [2.24, 2.45) is 10.9 Å². The highest BCUT2D eigenvalue weighted by Gasteiger charge is 2.23. The Balaban J connectivity index is 1.75. The van der Waals surface area contributed by atoms with E-state index in [9.17, 15) is 0 Å². The Morgan fingerprint density at radius 2 is 1.93 bits per heavy atom. The Labute approximate surface area is 175 Å². The summed E-state index contributed by atoms with van der Waals surface area (Å²) in [5.41, 5.74) is 0. The smallest absolute Gasteiger partial charge is 0.191 e. The maximum atomic E-state index is 4.48. The molecule has 1 heterocycles. The summed E-state index contributed by atoms with van der Waals surface area (Å²) in [5.74, 6) is 2.82. The first-order valence-electron chi connectivity index (χ1n) is 11.0. The van der Waals surface area contributed by atoms with E-state index in [0.29, 0.717) is 12.1 Å². The highest BCUT2D eigenvalue weighted by atomic mass is 32.2. The summed E-state index contributed by atoms with van der Waals surface area (Å²) in [4.78, 5) is 4.37. The lowest BCUT2D eigenvalue weighted by atomic mass is 10.0. The molecule has 1 unspecified atom stereocenters. The molecule has 0 aromatic carbocycles. The first kappa shape index (κ1) is 23.0. The fourth-order valence-corrected chi connectivity index (χ4v) is 4.51. The standard InChI is InChI=1S/C21H40N6S/c1-16(2)10-8-11-17(3)24-20(22-4)23-15-9-14-19-25-26-21(28-5)27(19)18-12-6-7-13-18/h16-18H,6-15H2,1-5H3,(H2,22,23,24). The molecule has 2 N–H and O–H groups in total. The molecule has 0 spiro atoms. The second-order valence-electron chi connectivity index (χ2n) is 8.38. The first-order chi connectivity index (χ1) is 13.5. The van der Waals surface area contributed by atoms with Gasteiger partial charge in [0.05, 0.1) is 0 Å². The second-order valence-corrected chi connectivity index (χ2v) is 9.16. The van der Waals surface area contributed by atoms with Gasteiger partial charge in [-0.3, -0.25) is 4.99 Å². The largest absolute Gasteiger partial charge is 0.356 e. The molecular weight excluding hydrogens is 368 g/mol. The fourth-order valence-electron chi connectivity index (χ4n) is 3.93. The van der Waals surface area contributed by atoms with E-state index in [0.717, 1.165) is 42.2 Å². The fraction of sp³-hybridized carbons (Fsp3) is 0.857. The number of hydrogen-bond donors (Lipinski definition) is 2. The molecule has 6 nitrogen and oxygen atoms in total. The van der Waals surface area contributed by atoms with Crippen LogP contribution in [0.4, 0.5) is 0 Å². The van der Waals surface area contributed by atoms with Crippen LogP contribution in [-0.4, -0.2) is 46.6 Å². The minimum absolute atomic E-state index is 0.444. The van der Waals surface area contributed by atoms with Crippen LogP contribution in [0, 0.1) is 5.92 Å². The van der Waals surface area contributed by atoms with E-state index in [1.165, 1.54) is 44.9 Å². The Morgan fingerprint density at radius 1 is 1.18 bits per heavy atom. The number of guanidine groups is 1. The predicted octanol–water partition coefficient (Wildman–Crippen LogP) is 4.43. The molecule has 1 aliphatic carbocycles. The molecule has 1 atom stereocenters. The van der Waals surface area contributed by atoms with Crippen LogP contribution in [0.15, 0.2) is 10.1 Å². The molecule has 1 aliphatic rings. The summed E-state index contributed by atoms with van der Waals surface area (Å²) in [6.07, 6.45) is 13.0. The average molecular weight is 409 g/mol. The maximum absolute atomic E-state index is 4.48. The summed E-state index contributed by atoms with van der Waals surface area (Å²) >= 11 is 1.71. The molecule has 0 amide bonds. The normalized spacial score (nSPS) is 16.7. The van der Waals surface area contributed by atoms with Gasteiger partial charge in [-0.1, -0.05) is 51.3 Å². The molecule has 0 saturated heterocycles. The zero-order valence-corrected chi connectivity index (χ0v) is 19.3. The molecule has 0 bridgehead atoms. The van der Waals surface area contributed by atoms with Crippen LogP contribution in [0.5, 0.6) is 0 Å². The average Bonchev–Trinajstić information content (AvgIpc) is 3.32. The molecule has 1 saturated carbocycles. The number of rotatable bonds is 11. The Kier molecular flexibility index (Phi) is 10.2. The summed E-state index contributed by atoms with van der Waals surface area (Å²) in [6.45, 7) is 7.70. The van der Waals surface area contributed by atoms with Gasteiger partial charge in [-0.15, -0.1) is 10.2 Å². The number of aliphatic imine (C=N–C) groups is 1. The minimum atomic E-state index is 0.444. The molecule has 160 valence electrons. The quantitative estimate of drug-likeness (QED) is 0.245. The summed E-state index contributed by atoms with van der Waals surface area (Å²) in [7, 11) is 1.84. The van der Waals surface area contributed by atoms with Gasteiger partial charge in [0.2, 0.25) is 0 Å². The minimum Gasteiger partial charge on any atom is -0.356 e. The lowest BCUT2D eigenvalue weighted by Crippen LogP contribution is -2.42. The van der Waals surface area contributed by atoms with Crippen molar-refractivity contribution in [2.45, 2.75) is 95.8 Å². The lowest BCUT2D eigenvalue weighted by molar-refractivity contribution is 0.460. The Bertz CT molecular complexity index is 592. The predicted molar refractivity (Wildman–Crippen MR) is 120 cm³/mol. The van der Waals surface area contributed by atoms with E-state index in [4.69, 9.17) is 0 Å². The van der Waals surface area contributed by atoms with Crippen LogP contribution in [-0.2, 0) is 6.42 Å². The van der Waals surface area contributed by atoms with E-state index in [-0.39, 0.29) is 0 Å². The third-order valence-electron chi connectivity index (χ3n) is 5.50. The van der Waals surface area contributed by atoms with Crippen LogP contribution in [0.1, 0.15) is 84.0 Å². The monoisotopic (exact) mass is 408 g/mol. The van der Waals surface area contributed by atoms with Crippen molar-refractivity contribution >= 4 is 17.7 Å². The molecule has 7 heteroatoms. The van der Waals surface area contributed by atoms with Gasteiger partial charge >= 0.3 is 0 Å². The van der Waals surface area contributed by atoms with Gasteiger partial charge in [-0.25, -0.2) is 0 Å². The summed E-state index contributed by atoms with van der Waals surface area (Å²) < 4.78 is 2.40. The molecule has 0 radical (unpaired) electrons. The van der Waals surface area contributed by atoms with Gasteiger partial charge in [0, 0.05) is 32.1 Å². The Morgan fingerprint density at radius 3 is 2.57 bits per heavy atom. The highest BCUT2D eigenvalue weighted by Crippen LogP contribution is 2.33. The number of nitrogens with one attached hydrogen (secondary N) is 2. The maximum Gasteiger partial charge on any atom is 0.191 e. The van der Waals surface area contributed by atoms with Crippen molar-refractivity contribution in [3.8, 4) is 0 Å². The number of thioether (sulfide) groups is 1. The van der Waals surface area contributed by atoms with Crippen LogP contribution < -0.4 is 10.6 Å². The topological polar surface area (TPSA) is 67.1 Å². The zero-order valence-electron chi connectivity index (χ0n) is 18.5. The van der Waals surface area contributed by atoms with Gasteiger partial charge in [0.25, 0.3) is 0 Å². The van der Waals surface area contributed by atoms with Crippen molar-refractivity contribution < 1.29 is 0 Å². The summed E-state index contributed by atoms with van der Waals surface area (Å²) in [5, 5.41) is 16.9. The van der Waals surface area contributed by atoms with Crippen LogP contribution in [0.25, 0.3) is 0 Å². The molecule has 0 aliphatic heterocycles. The van der Waals surface area contributed by atoms with E-state index in [1.807, 2.05) is 7.05 Å². The number of hydrogen-bond acceptors (Lipinski definition) is 4. The molecule has 1 fully saturated rings. The van der Waals surface area contributed by atoms with Crippen LogP contribution in [0.3, 0.4) is 0 Å². The van der Waals surface area contributed by atoms with E-state index < -0.39 is 0 Å². The third kappa shape index (κ3) is 7.30. The van der Waals surface area contributed by atoms with Crippen molar-refractivity contribution in [3.05, 3.63) is 5.82 Å². The SMILES string of the molecule is CN=C(NCCCc1nnc(SC)n1C1CCCC1)NC(C)CCCC(C)C. The third-order valence-corrected chi connectivity index (χ3v) is 6.15. The van der Waals surface area contributed by atoms with Gasteiger partial charge in [-0.05, 0) is 44.8 Å². The van der Waals surface area contributed by atoms with Crippen molar-refractivity contribution in [3.63, 3.8) is 0 Å². The Hall–Kier alpha value is -1.24. The van der Waals surface area contributed by atoms with Crippen LogP contribution in [0.2, 0.25) is 0 Å². The number of aromatic nitrogens is 3. The van der Waals surface area contributed by atoms with Gasteiger partial charge in [-0.2, -0.15) is 0 Å². The molecule has 1 aromatic heterocycles. The van der Waals surface area contributed by atoms with E-state index >= 15 is 0 Å². The van der Waals surface area contributed by atoms with Gasteiger partial charge in [0.1, 0.15) is 5.82 Å². The lowest BCUT2D eigenvalue weighted by Gasteiger charge is -2.19. The molecular formula is C21H40N6S. The van der Waals surface area contributed by atoms with Crippen molar-refractivity contribution in [1.29, 1.82) is 0 Å². The molecule has 1 aromatic rings. The first-order valence-corrected chi connectivity index (χ1v) is 12.2. The number of aryl methyl sites for hydroxylation is 1. The van der Waals surface area contributed by atoms with Gasteiger partial charge in [0.15, 0.2) is 11.1 Å². The van der Waals surface area contributed by atoms with Crippen LogP contribution >= 0.6 is 11.8 Å². The number of nitrogens with zero attached hydrogens (tertiary/aromatic N) is 4.